The zero-order valence-corrected chi connectivity index (χ0v) is 11.6. The summed E-state index contributed by atoms with van der Waals surface area (Å²) in [5.74, 6) is -0.00904. The Bertz CT molecular complexity index is 424. The molecule has 2 nitrogen and oxygen atoms in total. The first kappa shape index (κ1) is 15.7. The molecule has 0 radical (unpaired) electrons. The molecule has 1 aromatic rings. The summed E-state index contributed by atoms with van der Waals surface area (Å²) in [6, 6.07) is 1.28. The molecule has 0 spiro atoms. The number of pyridine rings is 1. The first-order valence-electron chi connectivity index (χ1n) is 5.08. The van der Waals surface area contributed by atoms with E-state index in [4.69, 9.17) is 34.8 Å². The van der Waals surface area contributed by atoms with E-state index >= 15 is 0 Å². The second kappa shape index (κ2) is 6.17. The highest BCUT2D eigenvalue weighted by atomic mass is 35.5. The van der Waals surface area contributed by atoms with Crippen molar-refractivity contribution in [2.75, 3.05) is 18.0 Å². The Morgan fingerprint density at radius 2 is 1.83 bits per heavy atom. The largest absolute Gasteiger partial charge is 0.405 e. The summed E-state index contributed by atoms with van der Waals surface area (Å²) >= 11 is 17.2. The fraction of sp³-hybridized carbons (Fsp3) is 0.500. The van der Waals surface area contributed by atoms with Gasteiger partial charge < -0.3 is 4.90 Å². The van der Waals surface area contributed by atoms with E-state index < -0.39 is 12.7 Å². The molecule has 0 aromatic carbocycles. The Hall–Kier alpha value is -0.390. The molecule has 0 amide bonds. The summed E-state index contributed by atoms with van der Waals surface area (Å²) < 4.78 is 37.4. The van der Waals surface area contributed by atoms with Crippen LogP contribution in [0.25, 0.3) is 0 Å². The number of nitrogens with zero attached hydrogens (tertiary/aromatic N) is 2. The highest BCUT2D eigenvalue weighted by Crippen LogP contribution is 2.32. The lowest BCUT2D eigenvalue weighted by Gasteiger charge is -2.25. The van der Waals surface area contributed by atoms with Crippen LogP contribution in [-0.2, 0) is 0 Å². The summed E-state index contributed by atoms with van der Waals surface area (Å²) in [7, 11) is 0. The quantitative estimate of drug-likeness (QED) is 0.739. The van der Waals surface area contributed by atoms with Crippen LogP contribution in [0, 0.1) is 0 Å². The van der Waals surface area contributed by atoms with E-state index in [0.717, 1.165) is 4.90 Å². The van der Waals surface area contributed by atoms with Gasteiger partial charge in [-0.05, 0) is 12.5 Å². The van der Waals surface area contributed by atoms with Crippen molar-refractivity contribution in [3.63, 3.8) is 0 Å². The van der Waals surface area contributed by atoms with E-state index in [1.165, 1.54) is 6.07 Å². The molecule has 0 atom stereocenters. The lowest BCUT2D eigenvalue weighted by molar-refractivity contribution is -0.119. The minimum Gasteiger partial charge on any atom is -0.346 e. The monoisotopic (exact) mass is 320 g/mol. The van der Waals surface area contributed by atoms with Crippen molar-refractivity contribution < 1.29 is 13.2 Å². The van der Waals surface area contributed by atoms with Crippen LogP contribution in [0.15, 0.2) is 6.07 Å². The Morgan fingerprint density at radius 1 is 1.22 bits per heavy atom. The van der Waals surface area contributed by atoms with E-state index in [-0.39, 0.29) is 27.6 Å². The molecule has 0 bridgehead atoms. The van der Waals surface area contributed by atoms with Gasteiger partial charge in [0.25, 0.3) is 0 Å². The molecular weight excluding hydrogens is 311 g/mol. The Labute approximate surface area is 118 Å². The zero-order chi connectivity index (χ0) is 13.9. The highest BCUT2D eigenvalue weighted by molar-refractivity contribution is 6.42. The van der Waals surface area contributed by atoms with Gasteiger partial charge in [0, 0.05) is 6.54 Å². The maximum Gasteiger partial charge on any atom is 0.405 e. The average Bonchev–Trinajstić information content (AvgIpc) is 2.21. The normalized spacial score (nSPS) is 11.7. The van der Waals surface area contributed by atoms with Crippen LogP contribution >= 0.6 is 34.8 Å². The Kier molecular flexibility index (Phi) is 5.37. The fourth-order valence-corrected chi connectivity index (χ4v) is 2.02. The second-order valence-corrected chi connectivity index (χ2v) is 4.78. The number of hydrogen-bond donors (Lipinski definition) is 0. The number of anilines is 1. The molecule has 1 heterocycles. The predicted molar refractivity (Wildman–Crippen MR) is 67.8 cm³/mol. The van der Waals surface area contributed by atoms with E-state index in [0.29, 0.717) is 6.42 Å². The summed E-state index contributed by atoms with van der Waals surface area (Å²) in [5.41, 5.74) is 0. The number of hydrogen-bond acceptors (Lipinski definition) is 2. The van der Waals surface area contributed by atoms with Crippen molar-refractivity contribution in [3.05, 3.63) is 21.3 Å². The third-order valence-corrected chi connectivity index (χ3v) is 2.98. The summed E-state index contributed by atoms with van der Waals surface area (Å²) in [6.07, 6.45) is -3.82. The molecule has 0 aliphatic heterocycles. The smallest absolute Gasteiger partial charge is 0.346 e. The fourth-order valence-electron chi connectivity index (χ4n) is 1.40. The molecule has 102 valence electrons. The topological polar surface area (TPSA) is 16.1 Å². The third kappa shape index (κ3) is 4.37. The number of aromatic nitrogens is 1. The van der Waals surface area contributed by atoms with Gasteiger partial charge in [0.2, 0.25) is 0 Å². The van der Waals surface area contributed by atoms with Crippen molar-refractivity contribution in [1.82, 2.24) is 4.98 Å². The molecule has 0 aliphatic carbocycles. The van der Waals surface area contributed by atoms with Gasteiger partial charge in [-0.1, -0.05) is 41.7 Å². The zero-order valence-electron chi connectivity index (χ0n) is 9.36. The van der Waals surface area contributed by atoms with Crippen LogP contribution in [0.2, 0.25) is 15.2 Å². The van der Waals surface area contributed by atoms with Gasteiger partial charge in [-0.2, -0.15) is 13.2 Å². The SMILES string of the molecule is CCCN(CC(F)(F)F)c1nc(Cl)c(Cl)cc1Cl. The first-order valence-corrected chi connectivity index (χ1v) is 6.21. The van der Waals surface area contributed by atoms with Gasteiger partial charge in [-0.3, -0.25) is 0 Å². The van der Waals surface area contributed by atoms with Gasteiger partial charge in [-0.25, -0.2) is 4.98 Å². The van der Waals surface area contributed by atoms with Crippen molar-refractivity contribution in [1.29, 1.82) is 0 Å². The lowest BCUT2D eigenvalue weighted by atomic mass is 10.3. The van der Waals surface area contributed by atoms with Crippen molar-refractivity contribution in [2.45, 2.75) is 19.5 Å². The van der Waals surface area contributed by atoms with Crippen LogP contribution < -0.4 is 4.90 Å². The van der Waals surface area contributed by atoms with E-state index in [1.54, 1.807) is 6.92 Å². The molecule has 1 aromatic heterocycles. The van der Waals surface area contributed by atoms with Crippen LogP contribution in [-0.4, -0.2) is 24.2 Å². The molecule has 1 rings (SSSR count). The van der Waals surface area contributed by atoms with Gasteiger partial charge in [0.15, 0.2) is 0 Å². The molecule has 0 saturated carbocycles. The van der Waals surface area contributed by atoms with Crippen molar-refractivity contribution >= 4 is 40.6 Å². The minimum absolute atomic E-state index is 0.00904. The van der Waals surface area contributed by atoms with Crippen LogP contribution in [0.5, 0.6) is 0 Å². The van der Waals surface area contributed by atoms with Crippen molar-refractivity contribution in [3.8, 4) is 0 Å². The molecule has 0 saturated heterocycles. The van der Waals surface area contributed by atoms with E-state index in [2.05, 4.69) is 4.98 Å². The van der Waals surface area contributed by atoms with Crippen LogP contribution in [0.4, 0.5) is 19.0 Å². The average molecular weight is 322 g/mol. The lowest BCUT2D eigenvalue weighted by Crippen LogP contribution is -2.35. The molecule has 18 heavy (non-hydrogen) atoms. The summed E-state index contributed by atoms with van der Waals surface area (Å²) in [4.78, 5) is 4.84. The molecule has 8 heteroatoms. The van der Waals surface area contributed by atoms with Crippen LogP contribution in [0.3, 0.4) is 0 Å². The molecule has 0 fully saturated rings. The summed E-state index contributed by atoms with van der Waals surface area (Å²) in [5, 5.41) is 0.0790. The maximum atomic E-state index is 12.5. The number of rotatable bonds is 4. The van der Waals surface area contributed by atoms with Gasteiger partial charge in [0.05, 0.1) is 10.0 Å². The molecule has 0 unspecified atom stereocenters. The molecule has 0 N–H and O–H groups in total. The van der Waals surface area contributed by atoms with Gasteiger partial charge >= 0.3 is 6.18 Å². The van der Waals surface area contributed by atoms with Crippen molar-refractivity contribution in [2.24, 2.45) is 0 Å². The predicted octanol–water partition coefficient (Wildman–Crippen LogP) is 4.82. The highest BCUT2D eigenvalue weighted by Gasteiger charge is 2.32. The first-order chi connectivity index (χ1) is 8.24. The maximum absolute atomic E-state index is 12.5. The Morgan fingerprint density at radius 3 is 2.33 bits per heavy atom. The van der Waals surface area contributed by atoms with E-state index in [1.807, 2.05) is 0 Å². The van der Waals surface area contributed by atoms with Gasteiger partial charge in [-0.15, -0.1) is 0 Å². The Balaban J connectivity index is 3.09. The van der Waals surface area contributed by atoms with E-state index in [9.17, 15) is 13.2 Å². The summed E-state index contributed by atoms with van der Waals surface area (Å²) in [6.45, 7) is 0.796. The standard InChI is InChI=1S/C10H10Cl3F3N2/c1-2-3-18(5-10(14,15)16)9-7(12)4-6(11)8(13)17-9/h4H,2-3,5H2,1H3. The third-order valence-electron chi connectivity index (χ3n) is 2.03. The number of alkyl halides is 3. The number of halogens is 6. The molecule has 0 aliphatic rings. The molecular formula is C10H10Cl3F3N2. The minimum atomic E-state index is -4.34. The van der Waals surface area contributed by atoms with Crippen LogP contribution in [0.1, 0.15) is 13.3 Å². The second-order valence-electron chi connectivity index (χ2n) is 3.60. The van der Waals surface area contributed by atoms with Gasteiger partial charge in [0.1, 0.15) is 17.5 Å².